The maximum Gasteiger partial charge on any atom is 0.278 e. The van der Waals surface area contributed by atoms with Gasteiger partial charge in [0.15, 0.2) is 5.65 Å². The number of pyridine rings is 1. The Morgan fingerprint density at radius 2 is 1.94 bits per heavy atom. The Kier molecular flexibility index (Phi) is 6.34. The van der Waals surface area contributed by atoms with Gasteiger partial charge in [-0.15, -0.1) is 0 Å². The fraction of sp³-hybridized carbons (Fsp3) is 0.261. The summed E-state index contributed by atoms with van der Waals surface area (Å²) in [6.07, 6.45) is 0. The molecular weight excluding hydrogens is 424 g/mol. The molecule has 0 atom stereocenters. The minimum atomic E-state index is -0.296. The number of carbonyl (C=O) groups excluding carboxylic acids is 1. The van der Waals surface area contributed by atoms with E-state index in [0.717, 1.165) is 11.5 Å². The number of nitrogens with one attached hydrogen (secondary N) is 2. The molecule has 0 aliphatic heterocycles. The van der Waals surface area contributed by atoms with Crippen LogP contribution in [0.3, 0.4) is 0 Å². The number of carbonyl (C=O) groups is 1. The first-order chi connectivity index (χ1) is 15.9. The number of rotatable bonds is 8. The second-order valence-electron chi connectivity index (χ2n) is 7.45. The molecule has 2 N–H and O–H groups in total. The molecule has 33 heavy (non-hydrogen) atoms. The van der Waals surface area contributed by atoms with E-state index < -0.39 is 0 Å². The van der Waals surface area contributed by atoms with Crippen LogP contribution in [0.15, 0.2) is 51.8 Å². The molecule has 0 spiro atoms. The van der Waals surface area contributed by atoms with Gasteiger partial charge in [-0.1, -0.05) is 5.16 Å². The minimum Gasteiger partial charge on any atom is -0.497 e. The van der Waals surface area contributed by atoms with Crippen LogP contribution in [0.25, 0.3) is 22.4 Å². The van der Waals surface area contributed by atoms with Gasteiger partial charge in [-0.25, -0.2) is 9.97 Å². The summed E-state index contributed by atoms with van der Waals surface area (Å²) in [6.45, 7) is 4.21. The Morgan fingerprint density at radius 1 is 1.15 bits per heavy atom. The lowest BCUT2D eigenvalue weighted by atomic mass is 10.1. The van der Waals surface area contributed by atoms with Gasteiger partial charge in [0.1, 0.15) is 34.2 Å². The molecule has 0 fully saturated rings. The summed E-state index contributed by atoms with van der Waals surface area (Å²) in [7, 11) is 1.58. The van der Waals surface area contributed by atoms with Gasteiger partial charge >= 0.3 is 0 Å². The van der Waals surface area contributed by atoms with Crippen molar-refractivity contribution in [1.29, 1.82) is 0 Å². The van der Waals surface area contributed by atoms with Gasteiger partial charge in [-0.3, -0.25) is 14.2 Å². The van der Waals surface area contributed by atoms with Crippen molar-refractivity contribution in [2.45, 2.75) is 26.9 Å². The van der Waals surface area contributed by atoms with Gasteiger partial charge in [-0.2, -0.15) is 0 Å². The largest absolute Gasteiger partial charge is 0.497 e. The van der Waals surface area contributed by atoms with Gasteiger partial charge < -0.3 is 19.9 Å². The molecule has 0 bridgehead atoms. The Bertz CT molecular complexity index is 1340. The predicted octanol–water partition coefficient (Wildman–Crippen LogP) is 2.51. The molecule has 0 saturated heterocycles. The Balaban J connectivity index is 1.73. The predicted molar refractivity (Wildman–Crippen MR) is 123 cm³/mol. The number of amides is 1. The van der Waals surface area contributed by atoms with Crippen molar-refractivity contribution in [2.24, 2.45) is 0 Å². The Labute approximate surface area is 189 Å². The fourth-order valence-corrected chi connectivity index (χ4v) is 3.39. The van der Waals surface area contributed by atoms with Crippen LogP contribution in [0.2, 0.25) is 0 Å². The van der Waals surface area contributed by atoms with Crippen LogP contribution in [-0.2, 0) is 17.9 Å². The number of benzene rings is 1. The van der Waals surface area contributed by atoms with Crippen LogP contribution >= 0.6 is 0 Å². The quantitative estimate of drug-likeness (QED) is 0.421. The van der Waals surface area contributed by atoms with Gasteiger partial charge in [0, 0.05) is 31.6 Å². The van der Waals surface area contributed by atoms with Gasteiger partial charge in [0.25, 0.3) is 5.56 Å². The van der Waals surface area contributed by atoms with Gasteiger partial charge in [0.05, 0.1) is 13.7 Å². The number of ether oxygens (including phenoxy) is 1. The Hall–Kier alpha value is -4.21. The summed E-state index contributed by atoms with van der Waals surface area (Å²) < 4.78 is 11.8. The maximum atomic E-state index is 13.4. The van der Waals surface area contributed by atoms with E-state index in [4.69, 9.17) is 9.26 Å². The number of anilines is 1. The zero-order chi connectivity index (χ0) is 23.4. The van der Waals surface area contributed by atoms with Crippen LogP contribution in [0.4, 0.5) is 5.82 Å². The van der Waals surface area contributed by atoms with Crippen molar-refractivity contribution in [3.63, 3.8) is 0 Å². The van der Waals surface area contributed by atoms with Crippen molar-refractivity contribution in [3.05, 3.63) is 64.3 Å². The van der Waals surface area contributed by atoms with Crippen LogP contribution < -0.4 is 20.9 Å². The van der Waals surface area contributed by atoms with Crippen molar-refractivity contribution < 1.29 is 14.1 Å². The summed E-state index contributed by atoms with van der Waals surface area (Å²) in [5.41, 5.74) is 2.39. The topological polar surface area (TPSA) is 124 Å². The third kappa shape index (κ3) is 5.00. The summed E-state index contributed by atoms with van der Waals surface area (Å²) in [5, 5.41) is 9.87. The van der Waals surface area contributed by atoms with E-state index in [0.29, 0.717) is 40.5 Å². The molecule has 1 amide bonds. The summed E-state index contributed by atoms with van der Waals surface area (Å²) in [6, 6.07) is 12.6. The van der Waals surface area contributed by atoms with E-state index in [-0.39, 0.29) is 24.6 Å². The number of methoxy groups -OCH3 is 1. The van der Waals surface area contributed by atoms with E-state index in [1.54, 1.807) is 43.5 Å². The Morgan fingerprint density at radius 3 is 2.61 bits per heavy atom. The average molecular weight is 448 g/mol. The second-order valence-corrected chi connectivity index (χ2v) is 7.45. The fourth-order valence-electron chi connectivity index (χ4n) is 3.39. The van der Waals surface area contributed by atoms with E-state index in [2.05, 4.69) is 25.8 Å². The molecule has 4 rings (SSSR count). The molecule has 0 aliphatic rings. The molecule has 10 nitrogen and oxygen atoms in total. The molecule has 10 heteroatoms. The molecule has 0 unspecified atom stereocenters. The molecule has 4 aromatic rings. The van der Waals surface area contributed by atoms with Crippen LogP contribution in [0, 0.1) is 6.92 Å². The molecule has 0 radical (unpaired) electrons. The van der Waals surface area contributed by atoms with E-state index in [1.165, 1.54) is 11.5 Å². The molecule has 1 aromatic carbocycles. The lowest BCUT2D eigenvalue weighted by Crippen LogP contribution is -2.31. The van der Waals surface area contributed by atoms with Crippen LogP contribution in [0.5, 0.6) is 5.75 Å². The molecule has 3 heterocycles. The van der Waals surface area contributed by atoms with Crippen LogP contribution in [-0.4, -0.2) is 39.3 Å². The van der Waals surface area contributed by atoms with E-state index in [1.807, 2.05) is 13.0 Å². The number of hydrogen-bond donors (Lipinski definition) is 2. The highest BCUT2D eigenvalue weighted by Crippen LogP contribution is 2.21. The number of aryl methyl sites for hydroxylation is 1. The third-order valence-corrected chi connectivity index (χ3v) is 4.99. The first kappa shape index (κ1) is 22.0. The number of aromatic nitrogens is 4. The highest BCUT2D eigenvalue weighted by atomic mass is 16.5. The van der Waals surface area contributed by atoms with Crippen LogP contribution in [0.1, 0.15) is 18.4 Å². The lowest BCUT2D eigenvalue weighted by molar-refractivity contribution is -0.118. The zero-order valence-corrected chi connectivity index (χ0v) is 18.6. The standard InChI is InChI=1S/C23H24N6O4/c1-14-12-17(28-33-14)13-25-20-9-8-19-22(27-20)29(11-10-24-15(2)30)23(31)21(26-19)16-4-6-18(32-3)7-5-16/h4-9,12H,10-11,13H2,1-3H3,(H,24,30)(H,25,27). The average Bonchev–Trinajstić information content (AvgIpc) is 3.24. The lowest BCUT2D eigenvalue weighted by Gasteiger charge is -2.13. The first-order valence-corrected chi connectivity index (χ1v) is 10.4. The summed E-state index contributed by atoms with van der Waals surface area (Å²) in [4.78, 5) is 33.9. The number of fused-ring (bicyclic) bond motifs is 1. The number of hydrogen-bond acceptors (Lipinski definition) is 8. The molecular formula is C23H24N6O4. The van der Waals surface area contributed by atoms with Crippen molar-refractivity contribution >= 4 is 22.9 Å². The second kappa shape index (κ2) is 9.51. The SMILES string of the molecule is COc1ccc(-c2nc3ccc(NCc4cc(C)on4)nc3n(CCNC(C)=O)c2=O)cc1. The molecule has 3 aromatic heterocycles. The smallest absolute Gasteiger partial charge is 0.278 e. The third-order valence-electron chi connectivity index (χ3n) is 4.99. The zero-order valence-electron chi connectivity index (χ0n) is 18.6. The molecule has 0 aliphatic carbocycles. The van der Waals surface area contributed by atoms with Crippen molar-refractivity contribution in [1.82, 2.24) is 25.0 Å². The highest BCUT2D eigenvalue weighted by Gasteiger charge is 2.15. The summed E-state index contributed by atoms with van der Waals surface area (Å²) >= 11 is 0. The first-order valence-electron chi connectivity index (χ1n) is 10.4. The van der Waals surface area contributed by atoms with Gasteiger partial charge in [0.2, 0.25) is 5.91 Å². The summed E-state index contributed by atoms with van der Waals surface area (Å²) in [5.74, 6) is 1.80. The molecule has 0 saturated carbocycles. The van der Waals surface area contributed by atoms with Crippen molar-refractivity contribution in [3.8, 4) is 17.0 Å². The van der Waals surface area contributed by atoms with Gasteiger partial charge in [-0.05, 0) is 43.3 Å². The monoisotopic (exact) mass is 448 g/mol. The minimum absolute atomic E-state index is 0.171. The maximum absolute atomic E-state index is 13.4. The number of nitrogens with zero attached hydrogens (tertiary/aromatic N) is 4. The molecule has 170 valence electrons. The van der Waals surface area contributed by atoms with E-state index >= 15 is 0 Å². The highest BCUT2D eigenvalue weighted by molar-refractivity contribution is 5.76. The normalized spacial score (nSPS) is 10.9. The van der Waals surface area contributed by atoms with Crippen molar-refractivity contribution in [2.75, 3.05) is 19.0 Å². The van der Waals surface area contributed by atoms with E-state index in [9.17, 15) is 9.59 Å².